The molecule has 2 aromatic rings. The van der Waals surface area contributed by atoms with Crippen LogP contribution in [0.3, 0.4) is 0 Å². The summed E-state index contributed by atoms with van der Waals surface area (Å²) >= 11 is 9.09. The van der Waals surface area contributed by atoms with E-state index in [1.54, 1.807) is 12.1 Å². The van der Waals surface area contributed by atoms with Crippen LogP contribution in [0.1, 0.15) is 5.56 Å². The van der Waals surface area contributed by atoms with Crippen molar-refractivity contribution in [3.63, 3.8) is 0 Å². The molecule has 0 radical (unpaired) electrons. The zero-order valence-electron chi connectivity index (χ0n) is 11.1. The lowest BCUT2D eigenvalue weighted by Gasteiger charge is -2.17. The summed E-state index contributed by atoms with van der Waals surface area (Å²) in [5.74, 6) is 0.104. The van der Waals surface area contributed by atoms with Gasteiger partial charge in [0.25, 0.3) is 0 Å². The summed E-state index contributed by atoms with van der Waals surface area (Å²) in [6.07, 6.45) is 0. The number of benzene rings is 2. The molecule has 0 heterocycles. The average Bonchev–Trinajstić information content (AvgIpc) is 2.41. The number of halogens is 2. The molecule has 0 atom stereocenters. The van der Waals surface area contributed by atoms with E-state index in [4.69, 9.17) is 11.6 Å². The highest BCUT2D eigenvalue weighted by atomic mass is 79.9. The SMILES string of the molecule is CN(Cc1cccc(O)c1)S(=O)(=O)c1ccc(Cl)c(Br)c1. The largest absolute Gasteiger partial charge is 0.508 e. The Morgan fingerprint density at radius 1 is 1.24 bits per heavy atom. The predicted octanol–water partition coefficient (Wildman–Crippen LogP) is 3.63. The van der Waals surface area contributed by atoms with Gasteiger partial charge in [0.15, 0.2) is 0 Å². The van der Waals surface area contributed by atoms with Gasteiger partial charge in [-0.1, -0.05) is 23.7 Å². The monoisotopic (exact) mass is 389 g/mol. The molecular formula is C14H13BrClNO3S. The van der Waals surface area contributed by atoms with Crippen molar-refractivity contribution in [3.8, 4) is 5.75 Å². The summed E-state index contributed by atoms with van der Waals surface area (Å²) in [6, 6.07) is 10.9. The number of rotatable bonds is 4. The third-order valence-electron chi connectivity index (χ3n) is 2.92. The number of nitrogens with zero attached hydrogens (tertiary/aromatic N) is 1. The molecule has 0 bridgehead atoms. The van der Waals surface area contributed by atoms with Gasteiger partial charge in [-0.25, -0.2) is 8.42 Å². The second-order valence-corrected chi connectivity index (χ2v) is 7.81. The number of hydrogen-bond acceptors (Lipinski definition) is 3. The van der Waals surface area contributed by atoms with Crippen molar-refractivity contribution < 1.29 is 13.5 Å². The lowest BCUT2D eigenvalue weighted by molar-refractivity contribution is 0.458. The van der Waals surface area contributed by atoms with Gasteiger partial charge in [0.1, 0.15) is 5.75 Å². The van der Waals surface area contributed by atoms with Gasteiger partial charge < -0.3 is 5.11 Å². The fourth-order valence-corrected chi connectivity index (χ4v) is 3.65. The summed E-state index contributed by atoms with van der Waals surface area (Å²) in [6.45, 7) is 0.164. The van der Waals surface area contributed by atoms with Crippen LogP contribution >= 0.6 is 27.5 Å². The van der Waals surface area contributed by atoms with Crippen molar-refractivity contribution in [1.29, 1.82) is 0 Å². The van der Waals surface area contributed by atoms with E-state index in [1.807, 2.05) is 0 Å². The van der Waals surface area contributed by atoms with Crippen LogP contribution in [0.5, 0.6) is 5.75 Å². The van der Waals surface area contributed by atoms with Crippen molar-refractivity contribution in [3.05, 3.63) is 57.5 Å². The Kier molecular flexibility index (Phi) is 4.93. The molecule has 2 aromatic carbocycles. The Balaban J connectivity index is 2.28. The van der Waals surface area contributed by atoms with Gasteiger partial charge in [0.05, 0.1) is 9.92 Å². The van der Waals surface area contributed by atoms with Crippen molar-refractivity contribution in [1.82, 2.24) is 4.31 Å². The number of aromatic hydroxyl groups is 1. The van der Waals surface area contributed by atoms with E-state index in [9.17, 15) is 13.5 Å². The lowest BCUT2D eigenvalue weighted by Crippen LogP contribution is -2.26. The second kappa shape index (κ2) is 6.36. The first-order chi connectivity index (χ1) is 9.80. The Hall–Kier alpha value is -1.08. The van der Waals surface area contributed by atoms with Crippen LogP contribution in [0.25, 0.3) is 0 Å². The van der Waals surface area contributed by atoms with E-state index in [1.165, 1.54) is 41.7 Å². The number of sulfonamides is 1. The molecule has 0 fully saturated rings. The second-order valence-electron chi connectivity index (χ2n) is 4.51. The molecule has 112 valence electrons. The maximum absolute atomic E-state index is 12.5. The molecule has 0 spiro atoms. The minimum absolute atomic E-state index is 0.104. The Bertz CT molecular complexity index is 765. The van der Waals surface area contributed by atoms with E-state index in [-0.39, 0.29) is 17.2 Å². The highest BCUT2D eigenvalue weighted by Crippen LogP contribution is 2.27. The van der Waals surface area contributed by atoms with Crippen LogP contribution in [0.15, 0.2) is 51.8 Å². The molecule has 4 nitrogen and oxygen atoms in total. The third-order valence-corrected chi connectivity index (χ3v) is 5.93. The van der Waals surface area contributed by atoms with Crippen LogP contribution in [0.2, 0.25) is 5.02 Å². The predicted molar refractivity (Wildman–Crippen MR) is 85.9 cm³/mol. The summed E-state index contributed by atoms with van der Waals surface area (Å²) in [5.41, 5.74) is 0.703. The quantitative estimate of drug-likeness (QED) is 0.867. The van der Waals surface area contributed by atoms with Crippen molar-refractivity contribution in [2.24, 2.45) is 0 Å². The van der Waals surface area contributed by atoms with Gasteiger partial charge in [-0.3, -0.25) is 0 Å². The lowest BCUT2D eigenvalue weighted by atomic mass is 10.2. The summed E-state index contributed by atoms with van der Waals surface area (Å²) in [7, 11) is -2.14. The molecule has 21 heavy (non-hydrogen) atoms. The molecule has 7 heteroatoms. The summed E-state index contributed by atoms with van der Waals surface area (Å²) in [4.78, 5) is 0.154. The van der Waals surface area contributed by atoms with Gasteiger partial charge in [0, 0.05) is 18.1 Å². The van der Waals surface area contributed by atoms with Gasteiger partial charge in [0.2, 0.25) is 10.0 Å². The van der Waals surface area contributed by atoms with Gasteiger partial charge >= 0.3 is 0 Å². The molecular weight excluding hydrogens is 378 g/mol. The first-order valence-electron chi connectivity index (χ1n) is 6.00. The van der Waals surface area contributed by atoms with E-state index in [0.717, 1.165) is 0 Å². The summed E-state index contributed by atoms with van der Waals surface area (Å²) < 4.78 is 26.7. The fraction of sp³-hybridized carbons (Fsp3) is 0.143. The van der Waals surface area contributed by atoms with Crippen molar-refractivity contribution in [2.75, 3.05) is 7.05 Å². The summed E-state index contributed by atoms with van der Waals surface area (Å²) in [5, 5.41) is 9.87. The Morgan fingerprint density at radius 3 is 2.57 bits per heavy atom. The standard InChI is InChI=1S/C14H13BrClNO3S/c1-17(9-10-3-2-4-11(18)7-10)21(19,20)12-5-6-14(16)13(15)8-12/h2-8,18H,9H2,1H3. The van der Waals surface area contributed by atoms with Crippen LogP contribution in [0.4, 0.5) is 0 Å². The average molecular weight is 391 g/mol. The number of phenolic OH excluding ortho intramolecular Hbond substituents is 1. The molecule has 0 unspecified atom stereocenters. The maximum Gasteiger partial charge on any atom is 0.243 e. The van der Waals surface area contributed by atoms with E-state index in [0.29, 0.717) is 15.1 Å². The highest BCUT2D eigenvalue weighted by molar-refractivity contribution is 9.10. The molecule has 0 saturated heterocycles. The highest BCUT2D eigenvalue weighted by Gasteiger charge is 2.21. The van der Waals surface area contributed by atoms with Gasteiger partial charge in [-0.05, 0) is 51.8 Å². The molecule has 0 saturated carbocycles. The van der Waals surface area contributed by atoms with Crippen LogP contribution in [-0.4, -0.2) is 24.9 Å². The van der Waals surface area contributed by atoms with Crippen molar-refractivity contribution >= 4 is 37.6 Å². The molecule has 0 aromatic heterocycles. The van der Waals surface area contributed by atoms with Crippen LogP contribution < -0.4 is 0 Å². The fourth-order valence-electron chi connectivity index (χ4n) is 1.81. The first kappa shape index (κ1) is 16.3. The van der Waals surface area contributed by atoms with Crippen LogP contribution in [-0.2, 0) is 16.6 Å². The van der Waals surface area contributed by atoms with E-state index < -0.39 is 10.0 Å². The van der Waals surface area contributed by atoms with Gasteiger partial charge in [-0.15, -0.1) is 0 Å². The third kappa shape index (κ3) is 3.77. The smallest absolute Gasteiger partial charge is 0.243 e. The Morgan fingerprint density at radius 2 is 1.95 bits per heavy atom. The zero-order valence-corrected chi connectivity index (χ0v) is 14.3. The normalized spacial score (nSPS) is 11.8. The van der Waals surface area contributed by atoms with Gasteiger partial charge in [-0.2, -0.15) is 4.31 Å². The topological polar surface area (TPSA) is 57.6 Å². The van der Waals surface area contributed by atoms with E-state index >= 15 is 0 Å². The molecule has 0 aliphatic heterocycles. The molecule has 0 amide bonds. The molecule has 0 aliphatic rings. The molecule has 0 aliphatic carbocycles. The number of hydrogen-bond donors (Lipinski definition) is 1. The maximum atomic E-state index is 12.5. The van der Waals surface area contributed by atoms with E-state index in [2.05, 4.69) is 15.9 Å². The number of phenols is 1. The first-order valence-corrected chi connectivity index (χ1v) is 8.61. The minimum Gasteiger partial charge on any atom is -0.508 e. The minimum atomic E-state index is -3.63. The zero-order chi connectivity index (χ0) is 15.6. The van der Waals surface area contributed by atoms with Crippen molar-refractivity contribution in [2.45, 2.75) is 11.4 Å². The molecule has 1 N–H and O–H groups in total. The molecule has 2 rings (SSSR count). The Labute approximate surface area is 137 Å². The van der Waals surface area contributed by atoms with Crippen LogP contribution in [0, 0.1) is 0 Å².